The van der Waals surface area contributed by atoms with Crippen molar-refractivity contribution in [2.75, 3.05) is 9.80 Å². The summed E-state index contributed by atoms with van der Waals surface area (Å²) in [5.74, 6) is 0.575. The molecule has 2 heterocycles. The van der Waals surface area contributed by atoms with Crippen LogP contribution >= 0.6 is 22.7 Å². The molecule has 0 radical (unpaired) electrons. The molecule has 0 saturated heterocycles. The summed E-state index contributed by atoms with van der Waals surface area (Å²) in [6.45, 7) is 18.4. The normalized spacial score (nSPS) is 12.2. The van der Waals surface area contributed by atoms with E-state index in [2.05, 4.69) is 223 Å². The highest BCUT2D eigenvalue weighted by Gasteiger charge is 2.29. The highest BCUT2D eigenvalue weighted by atomic mass is 32.1. The van der Waals surface area contributed by atoms with Gasteiger partial charge in [0.2, 0.25) is 0 Å². The first kappa shape index (κ1) is 40.8. The first-order chi connectivity index (χ1) is 32.0. The second-order valence-electron chi connectivity index (χ2n) is 19.1. The molecule has 0 aliphatic heterocycles. The Morgan fingerprint density at radius 1 is 0.364 bits per heavy atom. The minimum absolute atomic E-state index is 0.288. The van der Waals surface area contributed by atoms with Crippen molar-refractivity contribution >= 4 is 129 Å². The summed E-state index contributed by atoms with van der Waals surface area (Å²) in [4.78, 5) is 5.19. The molecule has 2 nitrogen and oxygen atoms in total. The quantitative estimate of drug-likeness (QED) is 0.140. The fourth-order valence-corrected chi connectivity index (χ4v) is 13.4. The van der Waals surface area contributed by atoms with Gasteiger partial charge in [-0.05, 0) is 132 Å². The van der Waals surface area contributed by atoms with Crippen molar-refractivity contribution < 1.29 is 0 Å². The van der Waals surface area contributed by atoms with Crippen molar-refractivity contribution in [1.29, 1.82) is 0 Å². The van der Waals surface area contributed by atoms with Gasteiger partial charge in [0.05, 0.1) is 32.1 Å². The largest absolute Gasteiger partial charge is 0.308 e. The summed E-state index contributed by atoms with van der Waals surface area (Å²) in [5, 5.41) is 13.1. The van der Waals surface area contributed by atoms with Gasteiger partial charge in [0.15, 0.2) is 0 Å². The van der Waals surface area contributed by atoms with Crippen molar-refractivity contribution in [1.82, 2.24) is 0 Å². The van der Waals surface area contributed by atoms with E-state index in [9.17, 15) is 0 Å². The van der Waals surface area contributed by atoms with E-state index in [4.69, 9.17) is 0 Å². The summed E-state index contributed by atoms with van der Waals surface area (Å²) in [6, 6.07) is 60.3. The first-order valence-corrected chi connectivity index (χ1v) is 25.0. The molecule has 2 aromatic heterocycles. The predicted octanol–water partition coefficient (Wildman–Crippen LogP) is 19.7. The zero-order chi connectivity index (χ0) is 45.1. The monoisotopic (exact) mass is 888 g/mol. The molecule has 0 saturated carbocycles. The molecule has 4 heteroatoms. The van der Waals surface area contributed by atoms with Crippen LogP contribution in [0.1, 0.15) is 72.9 Å². The van der Waals surface area contributed by atoms with E-state index in [1.54, 1.807) is 0 Å². The lowest BCUT2D eigenvalue weighted by Crippen LogP contribution is -2.14. The van der Waals surface area contributed by atoms with E-state index in [1.165, 1.54) is 140 Å². The Morgan fingerprint density at radius 3 is 1.12 bits per heavy atom. The molecule has 0 N–H and O–H groups in total. The SMILES string of the molecule is Cc1ccc(N(c2cc(C(C)C)c3ccc4c(N(c5ccc(C)cc5)c5c(C)ccc6c5sc5ccccc56)cc(C(C)C)c5ccc2c3c54)c2c(C)ccc3c2sc2ccccc23)cc1. The molecule has 0 aliphatic rings. The van der Waals surface area contributed by atoms with Gasteiger partial charge in [-0.2, -0.15) is 0 Å². The molecule has 12 aromatic rings. The Morgan fingerprint density at radius 2 is 0.727 bits per heavy atom. The molecular weight excluding hydrogens is 837 g/mol. The minimum atomic E-state index is 0.288. The molecule has 0 atom stereocenters. The van der Waals surface area contributed by atoms with Gasteiger partial charge in [-0.15, -0.1) is 22.7 Å². The molecule has 0 amide bonds. The Bertz CT molecular complexity index is 3610. The fourth-order valence-electron chi connectivity index (χ4n) is 10.8. The Labute approximate surface area is 395 Å². The average molecular weight is 889 g/mol. The average Bonchev–Trinajstić information content (AvgIpc) is 3.89. The number of rotatable bonds is 8. The third-order valence-electron chi connectivity index (χ3n) is 14.1. The lowest BCUT2D eigenvalue weighted by molar-refractivity contribution is 0.875. The van der Waals surface area contributed by atoms with Gasteiger partial charge >= 0.3 is 0 Å². The van der Waals surface area contributed by atoms with Crippen LogP contribution in [0, 0.1) is 27.7 Å². The van der Waals surface area contributed by atoms with Crippen LogP contribution in [0.25, 0.3) is 72.7 Å². The van der Waals surface area contributed by atoms with Crippen molar-refractivity contribution in [3.8, 4) is 0 Å². The van der Waals surface area contributed by atoms with Crippen LogP contribution in [-0.4, -0.2) is 0 Å². The lowest BCUT2D eigenvalue weighted by atomic mass is 9.84. The van der Waals surface area contributed by atoms with Crippen LogP contribution in [0.2, 0.25) is 0 Å². The number of nitrogens with zero attached hydrogens (tertiary/aromatic N) is 2. The van der Waals surface area contributed by atoms with Crippen LogP contribution in [0.15, 0.2) is 158 Å². The maximum Gasteiger partial charge on any atom is 0.0669 e. The van der Waals surface area contributed by atoms with Crippen LogP contribution in [-0.2, 0) is 0 Å². The standard InChI is InChI=1S/C62H52N2S2/c1-35(2)51-33-53(63(41-23-17-37(5)18-24-41)59-39(7)21-27-47-43-13-9-11-15-55(43)65-61(47)59)49-32-30-46-52(36(3)4)34-54(50-31-29-45(51)57(49)58(46)50)64(42-25-19-38(6)20-26-42)60-40(8)22-28-48-44-14-10-12-16-56(44)66-62(48)60/h9-36H,1-8H3. The van der Waals surface area contributed by atoms with Crippen LogP contribution in [0.5, 0.6) is 0 Å². The number of aryl methyl sites for hydroxylation is 4. The fraction of sp³-hybridized carbons (Fsp3) is 0.161. The summed E-state index contributed by atoms with van der Waals surface area (Å²) in [7, 11) is 0. The molecule has 66 heavy (non-hydrogen) atoms. The zero-order valence-corrected chi connectivity index (χ0v) is 40.5. The van der Waals surface area contributed by atoms with Gasteiger partial charge in [0.25, 0.3) is 0 Å². The van der Waals surface area contributed by atoms with Crippen molar-refractivity contribution in [3.63, 3.8) is 0 Å². The topological polar surface area (TPSA) is 6.48 Å². The summed E-state index contributed by atoms with van der Waals surface area (Å²) in [6.07, 6.45) is 0. The van der Waals surface area contributed by atoms with Crippen molar-refractivity contribution in [3.05, 3.63) is 191 Å². The van der Waals surface area contributed by atoms with E-state index in [0.717, 1.165) is 0 Å². The number of anilines is 6. The molecule has 0 fully saturated rings. The Hall–Kier alpha value is -6.72. The first-order valence-electron chi connectivity index (χ1n) is 23.4. The molecule has 12 rings (SSSR count). The van der Waals surface area contributed by atoms with Crippen molar-refractivity contribution in [2.45, 2.75) is 67.2 Å². The maximum absolute atomic E-state index is 2.60. The minimum Gasteiger partial charge on any atom is -0.308 e. The summed E-state index contributed by atoms with van der Waals surface area (Å²) in [5.41, 5.74) is 15.0. The molecule has 0 bridgehead atoms. The summed E-state index contributed by atoms with van der Waals surface area (Å²) >= 11 is 3.82. The molecule has 322 valence electrons. The zero-order valence-electron chi connectivity index (χ0n) is 38.9. The third-order valence-corrected chi connectivity index (χ3v) is 16.5. The van der Waals surface area contributed by atoms with Crippen LogP contribution in [0.3, 0.4) is 0 Å². The molecule has 0 aliphatic carbocycles. The molecular formula is C62H52N2S2. The van der Waals surface area contributed by atoms with Gasteiger partial charge in [-0.3, -0.25) is 0 Å². The van der Waals surface area contributed by atoms with E-state index in [1.807, 2.05) is 22.7 Å². The van der Waals surface area contributed by atoms with Gasteiger partial charge in [-0.25, -0.2) is 0 Å². The second kappa shape index (κ2) is 15.4. The Balaban J connectivity index is 1.22. The van der Waals surface area contributed by atoms with Crippen molar-refractivity contribution in [2.24, 2.45) is 0 Å². The van der Waals surface area contributed by atoms with Gasteiger partial charge in [0.1, 0.15) is 0 Å². The van der Waals surface area contributed by atoms with Crippen LogP contribution in [0.4, 0.5) is 34.1 Å². The van der Waals surface area contributed by atoms with E-state index in [0.29, 0.717) is 0 Å². The molecule has 10 aromatic carbocycles. The van der Waals surface area contributed by atoms with Gasteiger partial charge in [-0.1, -0.05) is 148 Å². The number of hydrogen-bond acceptors (Lipinski definition) is 4. The number of hydrogen-bond donors (Lipinski definition) is 0. The highest BCUT2D eigenvalue weighted by Crippen LogP contribution is 2.54. The lowest BCUT2D eigenvalue weighted by Gasteiger charge is -2.33. The predicted molar refractivity (Wildman–Crippen MR) is 292 cm³/mol. The van der Waals surface area contributed by atoms with E-state index >= 15 is 0 Å². The number of thiophene rings is 2. The van der Waals surface area contributed by atoms with Gasteiger partial charge in [0, 0.05) is 53.1 Å². The van der Waals surface area contributed by atoms with Crippen LogP contribution < -0.4 is 9.80 Å². The summed E-state index contributed by atoms with van der Waals surface area (Å²) < 4.78 is 5.26. The molecule has 0 unspecified atom stereocenters. The second-order valence-corrected chi connectivity index (χ2v) is 21.2. The van der Waals surface area contributed by atoms with E-state index in [-0.39, 0.29) is 11.8 Å². The molecule has 0 spiro atoms. The highest BCUT2D eigenvalue weighted by molar-refractivity contribution is 7.26. The number of benzene rings is 10. The smallest absolute Gasteiger partial charge is 0.0669 e. The maximum atomic E-state index is 2.60. The van der Waals surface area contributed by atoms with E-state index < -0.39 is 0 Å². The Kier molecular flexibility index (Phi) is 9.54. The van der Waals surface area contributed by atoms with Gasteiger partial charge < -0.3 is 9.80 Å². The number of fused-ring (bicyclic) bond motifs is 6. The third kappa shape index (κ3) is 6.18.